The fourth-order valence-corrected chi connectivity index (χ4v) is 1.53. The molecule has 0 heterocycles. The predicted molar refractivity (Wildman–Crippen MR) is 64.3 cm³/mol. The number of benzene rings is 1. The van der Waals surface area contributed by atoms with E-state index >= 15 is 0 Å². The van der Waals surface area contributed by atoms with E-state index in [1.807, 2.05) is 32.0 Å². The predicted octanol–water partition coefficient (Wildman–Crippen LogP) is 1.34. The maximum absolute atomic E-state index is 11.6. The summed E-state index contributed by atoms with van der Waals surface area (Å²) in [7, 11) is 0. The third-order valence-electron chi connectivity index (χ3n) is 2.51. The first kappa shape index (κ1) is 12.7. The minimum atomic E-state index is 0.0159. The van der Waals surface area contributed by atoms with Crippen LogP contribution >= 0.6 is 0 Å². The molecular formula is C13H19NO2. The van der Waals surface area contributed by atoms with Gasteiger partial charge in [0, 0.05) is 13.2 Å². The average molecular weight is 221 g/mol. The Balaban J connectivity index is 2.52. The van der Waals surface area contributed by atoms with E-state index in [4.69, 9.17) is 5.11 Å². The molecule has 0 aliphatic carbocycles. The van der Waals surface area contributed by atoms with Gasteiger partial charge in [-0.25, -0.2) is 0 Å². The zero-order valence-corrected chi connectivity index (χ0v) is 9.92. The van der Waals surface area contributed by atoms with Crippen molar-refractivity contribution in [2.24, 2.45) is 0 Å². The molecule has 3 heteroatoms. The van der Waals surface area contributed by atoms with Crippen molar-refractivity contribution in [3.05, 3.63) is 34.9 Å². The Kier molecular flexibility index (Phi) is 4.99. The number of aliphatic hydroxyl groups excluding tert-OH is 1. The van der Waals surface area contributed by atoms with Crippen molar-refractivity contribution in [1.29, 1.82) is 0 Å². The molecule has 0 fully saturated rings. The van der Waals surface area contributed by atoms with E-state index in [-0.39, 0.29) is 12.5 Å². The summed E-state index contributed by atoms with van der Waals surface area (Å²) in [6, 6.07) is 6.12. The van der Waals surface area contributed by atoms with Crippen LogP contribution < -0.4 is 5.32 Å². The van der Waals surface area contributed by atoms with Crippen molar-refractivity contribution in [2.45, 2.75) is 26.7 Å². The number of aliphatic hydroxyl groups is 1. The Hall–Kier alpha value is -1.35. The van der Waals surface area contributed by atoms with Crippen LogP contribution in [0.3, 0.4) is 0 Å². The highest BCUT2D eigenvalue weighted by Gasteiger charge is 2.05. The van der Waals surface area contributed by atoms with E-state index in [0.717, 1.165) is 11.1 Å². The van der Waals surface area contributed by atoms with E-state index in [9.17, 15) is 4.79 Å². The highest BCUT2D eigenvalue weighted by Crippen LogP contribution is 2.11. The molecular weight excluding hydrogens is 202 g/mol. The van der Waals surface area contributed by atoms with Gasteiger partial charge in [0.2, 0.25) is 5.91 Å². The Bertz CT molecular complexity index is 361. The SMILES string of the molecule is Cc1ccc(C)c(CC(=O)NCCCO)c1. The number of amides is 1. The van der Waals surface area contributed by atoms with Crippen molar-refractivity contribution in [2.75, 3.05) is 13.2 Å². The summed E-state index contributed by atoms with van der Waals surface area (Å²) in [6.07, 6.45) is 1.03. The summed E-state index contributed by atoms with van der Waals surface area (Å²) in [5.74, 6) is 0.0159. The molecule has 16 heavy (non-hydrogen) atoms. The highest BCUT2D eigenvalue weighted by molar-refractivity contribution is 5.78. The van der Waals surface area contributed by atoms with Crippen LogP contribution in [0.1, 0.15) is 23.1 Å². The van der Waals surface area contributed by atoms with Gasteiger partial charge in [-0.1, -0.05) is 23.8 Å². The molecule has 0 aliphatic rings. The lowest BCUT2D eigenvalue weighted by atomic mass is 10.0. The molecule has 1 amide bonds. The van der Waals surface area contributed by atoms with E-state index in [1.54, 1.807) is 0 Å². The van der Waals surface area contributed by atoms with Crippen LogP contribution in [0.15, 0.2) is 18.2 Å². The standard InChI is InChI=1S/C13H19NO2/c1-10-4-5-11(2)12(8-10)9-13(16)14-6-3-7-15/h4-5,8,15H,3,6-7,9H2,1-2H3,(H,14,16). The number of aryl methyl sites for hydroxylation is 2. The summed E-state index contributed by atoms with van der Waals surface area (Å²) < 4.78 is 0. The van der Waals surface area contributed by atoms with Gasteiger partial charge in [-0.3, -0.25) is 4.79 Å². The summed E-state index contributed by atoms with van der Waals surface area (Å²) in [5, 5.41) is 11.4. The first-order valence-electron chi connectivity index (χ1n) is 5.57. The van der Waals surface area contributed by atoms with Crippen LogP contribution in [-0.4, -0.2) is 24.2 Å². The first-order valence-corrected chi connectivity index (χ1v) is 5.57. The van der Waals surface area contributed by atoms with Crippen molar-refractivity contribution in [3.8, 4) is 0 Å². The number of carbonyl (C=O) groups is 1. The van der Waals surface area contributed by atoms with Gasteiger partial charge in [-0.15, -0.1) is 0 Å². The smallest absolute Gasteiger partial charge is 0.224 e. The van der Waals surface area contributed by atoms with Gasteiger partial charge in [-0.05, 0) is 31.4 Å². The third kappa shape index (κ3) is 4.03. The molecule has 0 aromatic heterocycles. The Morgan fingerprint density at radius 3 is 2.81 bits per heavy atom. The zero-order chi connectivity index (χ0) is 12.0. The number of rotatable bonds is 5. The molecule has 0 unspecified atom stereocenters. The molecule has 2 N–H and O–H groups in total. The fourth-order valence-electron chi connectivity index (χ4n) is 1.53. The molecule has 1 rings (SSSR count). The molecule has 0 radical (unpaired) electrons. The van der Waals surface area contributed by atoms with Gasteiger partial charge in [0.25, 0.3) is 0 Å². The van der Waals surface area contributed by atoms with Crippen LogP contribution in [0.5, 0.6) is 0 Å². The summed E-state index contributed by atoms with van der Waals surface area (Å²) >= 11 is 0. The monoisotopic (exact) mass is 221 g/mol. The van der Waals surface area contributed by atoms with Crippen LogP contribution in [-0.2, 0) is 11.2 Å². The van der Waals surface area contributed by atoms with E-state index in [1.165, 1.54) is 5.56 Å². The number of nitrogens with one attached hydrogen (secondary N) is 1. The van der Waals surface area contributed by atoms with Gasteiger partial charge in [-0.2, -0.15) is 0 Å². The second-order valence-corrected chi connectivity index (χ2v) is 4.03. The Morgan fingerprint density at radius 2 is 2.12 bits per heavy atom. The molecule has 88 valence electrons. The first-order chi connectivity index (χ1) is 7.63. The van der Waals surface area contributed by atoms with E-state index in [2.05, 4.69) is 5.32 Å². The second kappa shape index (κ2) is 6.28. The number of hydrogen-bond acceptors (Lipinski definition) is 2. The highest BCUT2D eigenvalue weighted by atomic mass is 16.3. The van der Waals surface area contributed by atoms with Gasteiger partial charge in [0.15, 0.2) is 0 Å². The maximum atomic E-state index is 11.6. The van der Waals surface area contributed by atoms with E-state index in [0.29, 0.717) is 19.4 Å². The summed E-state index contributed by atoms with van der Waals surface area (Å²) in [6.45, 7) is 4.69. The minimum absolute atomic E-state index is 0.0159. The molecule has 0 spiro atoms. The minimum Gasteiger partial charge on any atom is -0.396 e. The lowest BCUT2D eigenvalue weighted by Crippen LogP contribution is -2.26. The lowest BCUT2D eigenvalue weighted by molar-refractivity contribution is -0.120. The quantitative estimate of drug-likeness (QED) is 0.737. The van der Waals surface area contributed by atoms with Gasteiger partial charge in [0.1, 0.15) is 0 Å². The van der Waals surface area contributed by atoms with Crippen LogP contribution in [0, 0.1) is 13.8 Å². The third-order valence-corrected chi connectivity index (χ3v) is 2.51. The summed E-state index contributed by atoms with van der Waals surface area (Å²) in [5.41, 5.74) is 3.38. The van der Waals surface area contributed by atoms with Crippen molar-refractivity contribution in [1.82, 2.24) is 5.32 Å². The Labute approximate surface area is 96.5 Å². The molecule has 1 aromatic carbocycles. The van der Waals surface area contributed by atoms with Crippen LogP contribution in [0.25, 0.3) is 0 Å². The van der Waals surface area contributed by atoms with Gasteiger partial charge < -0.3 is 10.4 Å². The van der Waals surface area contributed by atoms with Crippen LogP contribution in [0.2, 0.25) is 0 Å². The van der Waals surface area contributed by atoms with Crippen molar-refractivity contribution >= 4 is 5.91 Å². The molecule has 0 bridgehead atoms. The van der Waals surface area contributed by atoms with Gasteiger partial charge >= 0.3 is 0 Å². The second-order valence-electron chi connectivity index (χ2n) is 4.03. The average Bonchev–Trinajstić information content (AvgIpc) is 2.24. The lowest BCUT2D eigenvalue weighted by Gasteiger charge is -2.07. The topological polar surface area (TPSA) is 49.3 Å². The molecule has 0 saturated carbocycles. The molecule has 3 nitrogen and oxygen atoms in total. The largest absolute Gasteiger partial charge is 0.396 e. The van der Waals surface area contributed by atoms with Crippen molar-refractivity contribution < 1.29 is 9.90 Å². The fraction of sp³-hybridized carbons (Fsp3) is 0.462. The van der Waals surface area contributed by atoms with Crippen LogP contribution in [0.4, 0.5) is 0 Å². The molecule has 0 atom stereocenters. The van der Waals surface area contributed by atoms with Gasteiger partial charge in [0.05, 0.1) is 6.42 Å². The molecule has 0 aliphatic heterocycles. The maximum Gasteiger partial charge on any atom is 0.224 e. The number of hydrogen-bond donors (Lipinski definition) is 2. The zero-order valence-electron chi connectivity index (χ0n) is 9.92. The molecule has 0 saturated heterocycles. The number of carbonyl (C=O) groups excluding carboxylic acids is 1. The normalized spacial score (nSPS) is 10.2. The van der Waals surface area contributed by atoms with E-state index < -0.39 is 0 Å². The Morgan fingerprint density at radius 1 is 1.38 bits per heavy atom. The van der Waals surface area contributed by atoms with Crippen molar-refractivity contribution in [3.63, 3.8) is 0 Å². The summed E-state index contributed by atoms with van der Waals surface area (Å²) in [4.78, 5) is 11.6. The molecule has 1 aromatic rings.